The summed E-state index contributed by atoms with van der Waals surface area (Å²) in [5.41, 5.74) is 12.0. The van der Waals surface area contributed by atoms with Gasteiger partial charge in [0.15, 0.2) is 0 Å². The summed E-state index contributed by atoms with van der Waals surface area (Å²) in [5, 5.41) is 0. The van der Waals surface area contributed by atoms with Gasteiger partial charge in [-0.3, -0.25) is 0 Å². The molecule has 0 unspecified atom stereocenters. The Kier molecular flexibility index (Phi) is 13.8. The molecule has 2 heteroatoms. The van der Waals surface area contributed by atoms with Crippen LogP contribution in [0.2, 0.25) is 0 Å². The Morgan fingerprint density at radius 1 is 0.500 bits per heavy atom. The largest absolute Gasteiger partial charge is 0.313 e. The smallest absolute Gasteiger partial charge is 0.0636 e. The van der Waals surface area contributed by atoms with Crippen LogP contribution in [0.15, 0.2) is 0 Å². The second-order valence-corrected chi connectivity index (χ2v) is 6.62. The molecule has 2 nitrogen and oxygen atoms in total. The van der Waals surface area contributed by atoms with Crippen LogP contribution >= 0.6 is 0 Å². The minimum absolute atomic E-state index is 0.409. The Balaban J connectivity index is 3.35. The first-order valence-electron chi connectivity index (χ1n) is 9.20. The molecule has 0 aromatic rings. The van der Waals surface area contributed by atoms with Crippen LogP contribution in [0.5, 0.6) is 0 Å². The van der Waals surface area contributed by atoms with E-state index in [0.717, 1.165) is 12.8 Å². The zero-order chi connectivity index (χ0) is 15.1. The molecule has 0 saturated carbocycles. The van der Waals surface area contributed by atoms with E-state index in [0.29, 0.717) is 0 Å². The van der Waals surface area contributed by atoms with Gasteiger partial charge in [0.1, 0.15) is 0 Å². The molecular formula is C18H40N2. The topological polar surface area (TPSA) is 52.0 Å². The normalized spacial score (nSPS) is 12.0. The molecule has 20 heavy (non-hydrogen) atoms. The fourth-order valence-corrected chi connectivity index (χ4v) is 2.77. The molecule has 0 bridgehead atoms. The summed E-state index contributed by atoms with van der Waals surface area (Å²) < 4.78 is 0. The number of nitrogens with two attached hydrogens (primary N) is 2. The van der Waals surface area contributed by atoms with Crippen molar-refractivity contribution >= 4 is 0 Å². The highest BCUT2D eigenvalue weighted by Crippen LogP contribution is 2.17. The van der Waals surface area contributed by atoms with Crippen LogP contribution in [0.4, 0.5) is 0 Å². The lowest BCUT2D eigenvalue weighted by Gasteiger charge is -2.24. The second-order valence-electron chi connectivity index (χ2n) is 6.62. The maximum Gasteiger partial charge on any atom is 0.0636 e. The van der Waals surface area contributed by atoms with E-state index in [2.05, 4.69) is 13.8 Å². The van der Waals surface area contributed by atoms with Crippen LogP contribution in [0.1, 0.15) is 110 Å². The summed E-state index contributed by atoms with van der Waals surface area (Å²) in [5.74, 6) is 0. The average molecular weight is 285 g/mol. The molecule has 0 aliphatic carbocycles. The van der Waals surface area contributed by atoms with Gasteiger partial charge in [-0.15, -0.1) is 0 Å². The van der Waals surface area contributed by atoms with Crippen LogP contribution < -0.4 is 11.5 Å². The fourth-order valence-electron chi connectivity index (χ4n) is 2.77. The Morgan fingerprint density at radius 3 is 1.15 bits per heavy atom. The van der Waals surface area contributed by atoms with Crippen molar-refractivity contribution in [3.05, 3.63) is 0 Å². The van der Waals surface area contributed by atoms with Crippen molar-refractivity contribution in [1.29, 1.82) is 0 Å². The van der Waals surface area contributed by atoms with Crippen LogP contribution in [0.3, 0.4) is 0 Å². The molecule has 0 aromatic heterocycles. The third-order valence-corrected chi connectivity index (χ3v) is 4.24. The summed E-state index contributed by atoms with van der Waals surface area (Å²) in [7, 11) is 0. The fraction of sp³-hybridized carbons (Fsp3) is 1.00. The van der Waals surface area contributed by atoms with E-state index < -0.39 is 5.66 Å². The van der Waals surface area contributed by atoms with E-state index in [1.165, 1.54) is 83.5 Å². The predicted octanol–water partition coefficient (Wildman–Crippen LogP) is 5.49. The Bertz CT molecular complexity index is 190. The third kappa shape index (κ3) is 14.3. The maximum absolute atomic E-state index is 6.20. The summed E-state index contributed by atoms with van der Waals surface area (Å²) in [4.78, 5) is 0. The molecule has 0 rings (SSSR count). The molecule has 0 aliphatic heterocycles. The van der Waals surface area contributed by atoms with E-state index in [9.17, 15) is 0 Å². The van der Waals surface area contributed by atoms with Crippen LogP contribution in [0.25, 0.3) is 0 Å². The van der Waals surface area contributed by atoms with Crippen molar-refractivity contribution in [2.24, 2.45) is 11.5 Å². The summed E-state index contributed by atoms with van der Waals surface area (Å²) in [6, 6.07) is 0. The van der Waals surface area contributed by atoms with E-state index in [1.54, 1.807) is 0 Å². The maximum atomic E-state index is 6.20. The highest BCUT2D eigenvalue weighted by molar-refractivity contribution is 4.76. The molecule has 0 aromatic carbocycles. The summed E-state index contributed by atoms with van der Waals surface area (Å²) in [6.07, 6.45) is 19.2. The van der Waals surface area contributed by atoms with Crippen molar-refractivity contribution in [2.45, 2.75) is 116 Å². The minimum Gasteiger partial charge on any atom is -0.313 e. The lowest BCUT2D eigenvalue weighted by molar-refractivity contribution is 0.345. The molecule has 0 amide bonds. The van der Waals surface area contributed by atoms with E-state index in [-0.39, 0.29) is 0 Å². The first kappa shape index (κ1) is 19.9. The molecule has 0 aliphatic rings. The van der Waals surface area contributed by atoms with Gasteiger partial charge in [0, 0.05) is 0 Å². The molecular weight excluding hydrogens is 244 g/mol. The Hall–Kier alpha value is -0.0800. The third-order valence-electron chi connectivity index (χ3n) is 4.24. The minimum atomic E-state index is -0.409. The molecule has 0 radical (unpaired) electrons. The van der Waals surface area contributed by atoms with E-state index in [1.807, 2.05) is 0 Å². The van der Waals surface area contributed by atoms with Crippen molar-refractivity contribution in [1.82, 2.24) is 0 Å². The van der Waals surface area contributed by atoms with Crippen LogP contribution in [-0.2, 0) is 0 Å². The number of hydrogen-bond donors (Lipinski definition) is 2. The van der Waals surface area contributed by atoms with Gasteiger partial charge in [-0.2, -0.15) is 0 Å². The summed E-state index contributed by atoms with van der Waals surface area (Å²) >= 11 is 0. The SMILES string of the molecule is CCCCCCCCCC(N)(N)CCCCCCCC. The number of hydrogen-bond acceptors (Lipinski definition) is 2. The first-order valence-corrected chi connectivity index (χ1v) is 9.20. The van der Waals surface area contributed by atoms with Crippen molar-refractivity contribution in [2.75, 3.05) is 0 Å². The van der Waals surface area contributed by atoms with Crippen molar-refractivity contribution in [3.63, 3.8) is 0 Å². The first-order chi connectivity index (χ1) is 9.62. The summed E-state index contributed by atoms with van der Waals surface area (Å²) in [6.45, 7) is 4.52. The highest BCUT2D eigenvalue weighted by atomic mass is 14.9. The molecule has 0 saturated heterocycles. The van der Waals surface area contributed by atoms with Gasteiger partial charge in [0.2, 0.25) is 0 Å². The van der Waals surface area contributed by atoms with Gasteiger partial charge < -0.3 is 11.5 Å². The quantitative estimate of drug-likeness (QED) is 0.308. The second kappa shape index (κ2) is 13.9. The Labute approximate surface area is 128 Å². The molecule has 122 valence electrons. The predicted molar refractivity (Wildman–Crippen MR) is 91.7 cm³/mol. The van der Waals surface area contributed by atoms with Gasteiger partial charge in [0.05, 0.1) is 5.66 Å². The van der Waals surface area contributed by atoms with Gasteiger partial charge in [-0.25, -0.2) is 0 Å². The number of rotatable bonds is 15. The Morgan fingerprint density at radius 2 is 0.800 bits per heavy atom. The molecule has 0 heterocycles. The van der Waals surface area contributed by atoms with E-state index >= 15 is 0 Å². The zero-order valence-corrected chi connectivity index (χ0v) is 14.3. The molecule has 0 fully saturated rings. The van der Waals surface area contributed by atoms with E-state index in [4.69, 9.17) is 11.5 Å². The number of unbranched alkanes of at least 4 members (excludes halogenated alkanes) is 11. The van der Waals surface area contributed by atoms with Crippen molar-refractivity contribution < 1.29 is 0 Å². The average Bonchev–Trinajstić information content (AvgIpc) is 2.41. The highest BCUT2D eigenvalue weighted by Gasteiger charge is 2.17. The van der Waals surface area contributed by atoms with Gasteiger partial charge in [0.25, 0.3) is 0 Å². The molecule has 0 spiro atoms. The lowest BCUT2D eigenvalue weighted by Crippen LogP contribution is -2.49. The van der Waals surface area contributed by atoms with Gasteiger partial charge >= 0.3 is 0 Å². The molecule has 4 N–H and O–H groups in total. The lowest BCUT2D eigenvalue weighted by atomic mass is 9.95. The van der Waals surface area contributed by atoms with Crippen LogP contribution in [-0.4, -0.2) is 5.66 Å². The zero-order valence-electron chi connectivity index (χ0n) is 14.3. The van der Waals surface area contributed by atoms with Crippen molar-refractivity contribution in [3.8, 4) is 0 Å². The van der Waals surface area contributed by atoms with Gasteiger partial charge in [-0.05, 0) is 12.8 Å². The molecule has 0 atom stereocenters. The van der Waals surface area contributed by atoms with Crippen LogP contribution in [0, 0.1) is 0 Å². The standard InChI is InChI=1S/C18H40N2/c1-3-5-7-9-11-13-15-17-18(19,20)16-14-12-10-8-6-4-2/h3-17,19-20H2,1-2H3. The monoisotopic (exact) mass is 284 g/mol. The van der Waals surface area contributed by atoms with Gasteiger partial charge in [-0.1, -0.05) is 97.3 Å².